The molecule has 1 fully saturated rings. The van der Waals surface area contributed by atoms with Crippen LogP contribution in [-0.2, 0) is 9.59 Å². The van der Waals surface area contributed by atoms with Crippen LogP contribution in [0.15, 0.2) is 40.4 Å². The zero-order valence-electron chi connectivity index (χ0n) is 20.9. The summed E-state index contributed by atoms with van der Waals surface area (Å²) in [6.07, 6.45) is -0.149. The predicted octanol–water partition coefficient (Wildman–Crippen LogP) is 4.88. The van der Waals surface area contributed by atoms with E-state index in [2.05, 4.69) is 34.4 Å². The highest BCUT2D eigenvalue weighted by Crippen LogP contribution is 2.33. The Morgan fingerprint density at radius 2 is 1.91 bits per heavy atom. The molecule has 1 aliphatic rings. The number of nitrogens with zero attached hydrogens (tertiary/aromatic N) is 3. The van der Waals surface area contributed by atoms with Crippen molar-refractivity contribution in [2.75, 3.05) is 6.54 Å². The number of benzene rings is 1. The van der Waals surface area contributed by atoms with Crippen molar-refractivity contribution in [1.82, 2.24) is 15.0 Å². The molecular formula is C27H33N3O4S. The minimum absolute atomic E-state index is 0.00776. The molecule has 0 radical (unpaired) electrons. The lowest BCUT2D eigenvalue weighted by molar-refractivity contribution is -0.140. The number of likely N-dealkylation sites (tertiary alicyclic amines) is 1. The quantitative estimate of drug-likeness (QED) is 0.478. The Kier molecular flexibility index (Phi) is 7.52. The normalized spacial score (nSPS) is 19.8. The van der Waals surface area contributed by atoms with Crippen molar-refractivity contribution in [3.05, 3.63) is 58.6 Å². The third kappa shape index (κ3) is 5.38. The maximum Gasteiger partial charge on any atom is 0.234 e. The summed E-state index contributed by atoms with van der Waals surface area (Å²) in [5.74, 6) is -0.310. The van der Waals surface area contributed by atoms with Crippen molar-refractivity contribution in [3.8, 4) is 10.4 Å². The number of hydrogen-bond acceptors (Lipinski definition) is 7. The molecule has 7 nitrogen and oxygen atoms in total. The largest absolute Gasteiger partial charge is 0.391 e. The molecule has 4 atom stereocenters. The van der Waals surface area contributed by atoms with Gasteiger partial charge in [0.15, 0.2) is 5.78 Å². The van der Waals surface area contributed by atoms with Gasteiger partial charge in [0.1, 0.15) is 11.7 Å². The van der Waals surface area contributed by atoms with Gasteiger partial charge in [-0.2, -0.15) is 0 Å². The fraction of sp³-hybridized carbons (Fsp3) is 0.481. The Morgan fingerprint density at radius 1 is 1.20 bits per heavy atom. The molecule has 1 amide bonds. The van der Waals surface area contributed by atoms with Crippen molar-refractivity contribution >= 4 is 23.0 Å². The van der Waals surface area contributed by atoms with Gasteiger partial charge in [-0.15, -0.1) is 11.3 Å². The Bertz CT molecular complexity index is 1180. The molecular weight excluding hydrogens is 462 g/mol. The smallest absolute Gasteiger partial charge is 0.234 e. The van der Waals surface area contributed by atoms with Crippen LogP contribution < -0.4 is 0 Å². The van der Waals surface area contributed by atoms with E-state index in [1.165, 1.54) is 0 Å². The second-order valence-corrected chi connectivity index (χ2v) is 10.8. The summed E-state index contributed by atoms with van der Waals surface area (Å²) >= 11 is 1.61. The molecule has 0 unspecified atom stereocenters. The van der Waals surface area contributed by atoms with Gasteiger partial charge >= 0.3 is 0 Å². The maximum absolute atomic E-state index is 13.6. The van der Waals surface area contributed by atoms with Crippen LogP contribution >= 0.6 is 11.3 Å². The van der Waals surface area contributed by atoms with Crippen molar-refractivity contribution in [3.63, 3.8) is 0 Å². The number of thiazole rings is 1. The number of carbonyl (C=O) groups is 2. The van der Waals surface area contributed by atoms with Crippen LogP contribution in [0.2, 0.25) is 0 Å². The first kappa shape index (κ1) is 25.3. The van der Waals surface area contributed by atoms with Gasteiger partial charge in [0.25, 0.3) is 0 Å². The maximum atomic E-state index is 13.6. The molecule has 2 aromatic heterocycles. The Labute approximate surface area is 210 Å². The van der Waals surface area contributed by atoms with E-state index < -0.39 is 18.1 Å². The van der Waals surface area contributed by atoms with E-state index in [0.29, 0.717) is 17.9 Å². The highest BCUT2D eigenvalue weighted by molar-refractivity contribution is 7.13. The molecule has 0 saturated carbocycles. The number of β-amino-alcohol motifs (C(OH)–C–C–N with tert-alkyl or cyclic N) is 1. The molecule has 0 spiro atoms. The SMILES string of the molecule is Cc1cc([C@H](C(=O)N2C[C@H](O)C[C@H]2C(=O)C[C@@H](C)c2ccc(-c3scnc3C)cc2)C(C)C)on1. The van der Waals surface area contributed by atoms with Crippen LogP contribution in [0.4, 0.5) is 0 Å². The first-order chi connectivity index (χ1) is 16.7. The Balaban J connectivity index is 1.47. The second kappa shape index (κ2) is 10.4. The van der Waals surface area contributed by atoms with Gasteiger partial charge in [-0.25, -0.2) is 4.98 Å². The lowest BCUT2D eigenvalue weighted by atomic mass is 9.89. The number of aliphatic hydroxyl groups is 1. The topological polar surface area (TPSA) is 96.5 Å². The van der Waals surface area contributed by atoms with E-state index in [-0.39, 0.29) is 36.5 Å². The second-order valence-electron chi connectivity index (χ2n) is 9.95. The lowest BCUT2D eigenvalue weighted by Gasteiger charge is -2.29. The van der Waals surface area contributed by atoms with E-state index in [1.54, 1.807) is 22.3 Å². The summed E-state index contributed by atoms with van der Waals surface area (Å²) in [6, 6.07) is 9.38. The molecule has 1 saturated heterocycles. The van der Waals surface area contributed by atoms with Gasteiger partial charge in [-0.1, -0.05) is 50.2 Å². The van der Waals surface area contributed by atoms with Crippen LogP contribution in [0.1, 0.15) is 68.2 Å². The van der Waals surface area contributed by atoms with E-state index in [1.807, 2.05) is 40.1 Å². The van der Waals surface area contributed by atoms with E-state index in [9.17, 15) is 14.7 Å². The summed E-state index contributed by atoms with van der Waals surface area (Å²) in [4.78, 5) is 34.0. The summed E-state index contributed by atoms with van der Waals surface area (Å²) in [5.41, 5.74) is 5.74. The molecule has 186 valence electrons. The number of amides is 1. The summed E-state index contributed by atoms with van der Waals surface area (Å²) in [6.45, 7) is 9.89. The molecule has 1 N–H and O–H groups in total. The average Bonchev–Trinajstić information content (AvgIpc) is 3.53. The van der Waals surface area contributed by atoms with Crippen molar-refractivity contribution < 1.29 is 19.2 Å². The lowest BCUT2D eigenvalue weighted by Crippen LogP contribution is -2.44. The van der Waals surface area contributed by atoms with Crippen LogP contribution in [0.25, 0.3) is 10.4 Å². The number of rotatable bonds is 8. The van der Waals surface area contributed by atoms with Gasteiger partial charge in [0.2, 0.25) is 5.91 Å². The van der Waals surface area contributed by atoms with E-state index in [0.717, 1.165) is 21.7 Å². The van der Waals surface area contributed by atoms with Crippen molar-refractivity contribution in [2.24, 2.45) is 5.92 Å². The van der Waals surface area contributed by atoms with Crippen molar-refractivity contribution in [2.45, 2.75) is 71.4 Å². The number of ketones is 1. The summed E-state index contributed by atoms with van der Waals surface area (Å²) in [5, 5.41) is 14.3. The molecule has 8 heteroatoms. The van der Waals surface area contributed by atoms with Gasteiger partial charge < -0.3 is 14.5 Å². The van der Waals surface area contributed by atoms with E-state index >= 15 is 0 Å². The van der Waals surface area contributed by atoms with Crippen LogP contribution in [-0.4, -0.2) is 50.5 Å². The third-order valence-electron chi connectivity index (χ3n) is 6.81. The molecule has 0 aliphatic carbocycles. The highest BCUT2D eigenvalue weighted by Gasteiger charge is 2.43. The summed E-state index contributed by atoms with van der Waals surface area (Å²) in [7, 11) is 0. The predicted molar refractivity (Wildman–Crippen MR) is 135 cm³/mol. The zero-order valence-corrected chi connectivity index (χ0v) is 21.7. The Hall–Kier alpha value is -2.84. The van der Waals surface area contributed by atoms with E-state index in [4.69, 9.17) is 4.52 Å². The number of carbonyl (C=O) groups excluding carboxylic acids is 2. The standard InChI is InChI=1S/C27H33N3O4S/c1-15(2)25(24-11-17(4)29-34-24)27(33)30-13-21(31)12-22(30)23(32)10-16(3)19-6-8-20(9-7-19)26-18(5)28-14-35-26/h6-9,11,14-16,21-22,25,31H,10,12-13H2,1-5H3/t16-,21-,22+,25-/m1/s1. The number of aryl methyl sites for hydroxylation is 2. The average molecular weight is 496 g/mol. The summed E-state index contributed by atoms with van der Waals surface area (Å²) < 4.78 is 5.41. The molecule has 1 aliphatic heterocycles. The molecule has 1 aromatic carbocycles. The minimum Gasteiger partial charge on any atom is -0.391 e. The first-order valence-electron chi connectivity index (χ1n) is 12.1. The van der Waals surface area contributed by atoms with Crippen LogP contribution in [0.5, 0.6) is 0 Å². The minimum atomic E-state index is -0.714. The fourth-order valence-corrected chi connectivity index (χ4v) is 5.72. The van der Waals surface area contributed by atoms with Gasteiger partial charge in [-0.3, -0.25) is 9.59 Å². The Morgan fingerprint density at radius 3 is 2.49 bits per heavy atom. The van der Waals surface area contributed by atoms with Gasteiger partial charge in [-0.05, 0) is 36.8 Å². The molecule has 3 aromatic rings. The van der Waals surface area contributed by atoms with Gasteiger partial charge in [0.05, 0.1) is 33.9 Å². The van der Waals surface area contributed by atoms with Crippen LogP contribution in [0, 0.1) is 19.8 Å². The van der Waals surface area contributed by atoms with Crippen molar-refractivity contribution in [1.29, 1.82) is 0 Å². The number of aliphatic hydroxyl groups excluding tert-OH is 1. The zero-order chi connectivity index (χ0) is 25.3. The van der Waals surface area contributed by atoms with Crippen LogP contribution in [0.3, 0.4) is 0 Å². The molecule has 4 rings (SSSR count). The highest BCUT2D eigenvalue weighted by atomic mass is 32.1. The fourth-order valence-electron chi connectivity index (χ4n) is 4.90. The third-order valence-corrected chi connectivity index (χ3v) is 7.79. The molecule has 0 bridgehead atoms. The van der Waals surface area contributed by atoms with Gasteiger partial charge in [0, 0.05) is 25.5 Å². The molecule has 35 heavy (non-hydrogen) atoms. The number of aromatic nitrogens is 2. The number of hydrogen-bond donors (Lipinski definition) is 1. The monoisotopic (exact) mass is 495 g/mol. The number of Topliss-reactive ketones (excluding diaryl/α,β-unsaturated/α-hetero) is 1. The first-order valence-corrected chi connectivity index (χ1v) is 13.0. The molecule has 3 heterocycles.